The van der Waals surface area contributed by atoms with Crippen molar-refractivity contribution in [3.63, 3.8) is 0 Å². The number of hydrogen-bond donors (Lipinski definition) is 1. The average Bonchev–Trinajstić information content (AvgIpc) is 3.30. The number of likely N-dealkylation sites (tertiary alicyclic amines) is 1. The quantitative estimate of drug-likeness (QED) is 0.379. The van der Waals surface area contributed by atoms with Crippen LogP contribution in [-0.4, -0.2) is 44.6 Å². The number of fused-ring (bicyclic) bond motifs is 1. The number of nitrogens with zero attached hydrogens (tertiary/aromatic N) is 4. The Labute approximate surface area is 214 Å². The smallest absolute Gasteiger partial charge is 0.306 e. The predicted molar refractivity (Wildman–Crippen MR) is 134 cm³/mol. The second-order valence-electron chi connectivity index (χ2n) is 9.21. The lowest BCUT2D eigenvalue weighted by molar-refractivity contribution is -0.137. The Hall–Kier alpha value is -4.12. The van der Waals surface area contributed by atoms with Gasteiger partial charge >= 0.3 is 6.18 Å². The zero-order chi connectivity index (χ0) is 27.0. The van der Waals surface area contributed by atoms with Crippen molar-refractivity contribution in [2.24, 2.45) is 7.05 Å². The van der Waals surface area contributed by atoms with E-state index in [1.165, 1.54) is 37.4 Å². The SMILES string of the molecule is Cn1c(-c2cccc(C(F)(F)F)c2)nc2c(C(=O)Nc3ccc(CN4CC[C@H](F)C4)cn3)cccc2c1=O. The Morgan fingerprint density at radius 3 is 2.61 bits per heavy atom. The van der Waals surface area contributed by atoms with E-state index in [-0.39, 0.29) is 33.7 Å². The Bertz CT molecular complexity index is 1570. The van der Waals surface area contributed by atoms with E-state index in [4.69, 9.17) is 0 Å². The lowest BCUT2D eigenvalue weighted by Gasteiger charge is -2.15. The summed E-state index contributed by atoms with van der Waals surface area (Å²) in [5, 5.41) is 2.83. The van der Waals surface area contributed by atoms with Gasteiger partial charge in [0.15, 0.2) is 0 Å². The molecule has 3 heterocycles. The molecule has 0 aliphatic carbocycles. The molecule has 196 valence electrons. The number of pyridine rings is 1. The van der Waals surface area contributed by atoms with Crippen molar-refractivity contribution in [1.29, 1.82) is 0 Å². The molecule has 5 rings (SSSR count). The highest BCUT2D eigenvalue weighted by atomic mass is 19.4. The zero-order valence-corrected chi connectivity index (χ0v) is 20.3. The van der Waals surface area contributed by atoms with E-state index in [9.17, 15) is 27.2 Å². The third kappa shape index (κ3) is 5.14. The van der Waals surface area contributed by atoms with Crippen LogP contribution in [0.15, 0.2) is 65.6 Å². The largest absolute Gasteiger partial charge is 0.416 e. The van der Waals surface area contributed by atoms with Crippen LogP contribution in [0.1, 0.15) is 27.9 Å². The minimum Gasteiger partial charge on any atom is -0.306 e. The minimum absolute atomic E-state index is 0.00578. The van der Waals surface area contributed by atoms with Crippen molar-refractivity contribution < 1.29 is 22.4 Å². The van der Waals surface area contributed by atoms with Gasteiger partial charge in [0.2, 0.25) is 0 Å². The topological polar surface area (TPSA) is 80.1 Å². The molecule has 7 nitrogen and oxygen atoms in total. The molecule has 1 amide bonds. The minimum atomic E-state index is -4.57. The number of alkyl halides is 4. The molecule has 4 aromatic rings. The van der Waals surface area contributed by atoms with Gasteiger partial charge < -0.3 is 5.32 Å². The van der Waals surface area contributed by atoms with Crippen molar-refractivity contribution >= 4 is 22.6 Å². The molecule has 11 heteroatoms. The van der Waals surface area contributed by atoms with E-state index >= 15 is 0 Å². The van der Waals surface area contributed by atoms with E-state index in [1.807, 2.05) is 4.90 Å². The third-order valence-corrected chi connectivity index (χ3v) is 6.49. The molecule has 0 unspecified atom stereocenters. The Balaban J connectivity index is 1.45. The molecule has 2 aromatic carbocycles. The summed E-state index contributed by atoms with van der Waals surface area (Å²) in [6.07, 6.45) is -3.27. The summed E-state index contributed by atoms with van der Waals surface area (Å²) in [7, 11) is 1.42. The van der Waals surface area contributed by atoms with Crippen LogP contribution in [0.5, 0.6) is 0 Å². The molecule has 0 spiro atoms. The maximum atomic E-state index is 13.4. The summed E-state index contributed by atoms with van der Waals surface area (Å²) < 4.78 is 54.4. The monoisotopic (exact) mass is 525 g/mol. The second kappa shape index (κ2) is 9.97. The average molecular weight is 526 g/mol. The van der Waals surface area contributed by atoms with Gasteiger partial charge in [-0.2, -0.15) is 13.2 Å². The van der Waals surface area contributed by atoms with Crippen molar-refractivity contribution in [2.45, 2.75) is 25.3 Å². The van der Waals surface area contributed by atoms with Crippen LogP contribution in [-0.2, 0) is 19.8 Å². The second-order valence-corrected chi connectivity index (χ2v) is 9.21. The lowest BCUT2D eigenvalue weighted by atomic mass is 10.1. The number of anilines is 1. The molecule has 1 fully saturated rings. The third-order valence-electron chi connectivity index (χ3n) is 6.49. The van der Waals surface area contributed by atoms with Crippen molar-refractivity contribution in [1.82, 2.24) is 19.4 Å². The van der Waals surface area contributed by atoms with Crippen LogP contribution < -0.4 is 10.9 Å². The highest BCUT2D eigenvalue weighted by Gasteiger charge is 2.31. The summed E-state index contributed by atoms with van der Waals surface area (Å²) in [6, 6.07) is 12.4. The summed E-state index contributed by atoms with van der Waals surface area (Å²) in [4.78, 5) is 36.9. The van der Waals surface area contributed by atoms with Crippen LogP contribution in [0.4, 0.5) is 23.4 Å². The van der Waals surface area contributed by atoms with Gasteiger partial charge in [0.1, 0.15) is 17.8 Å². The number of amides is 1. The van der Waals surface area contributed by atoms with Gasteiger partial charge in [-0.1, -0.05) is 24.3 Å². The normalized spacial score (nSPS) is 16.2. The predicted octanol–water partition coefficient (Wildman–Crippen LogP) is 4.81. The standard InChI is InChI=1S/C27H23F4N5O2/c1-35-24(17-4-2-5-18(12-17)27(29,30)31)34-23-20(6-3-7-21(23)26(35)38)25(37)33-22-9-8-16(13-32-22)14-36-11-10-19(28)15-36/h2-9,12-13,19H,10-11,14-15H2,1H3,(H,32,33,37)/t19-/m0/s1. The van der Waals surface area contributed by atoms with E-state index in [0.29, 0.717) is 26.1 Å². The maximum absolute atomic E-state index is 13.4. The first-order chi connectivity index (χ1) is 18.1. The van der Waals surface area contributed by atoms with Crippen molar-refractivity contribution in [2.75, 3.05) is 18.4 Å². The molecular weight excluding hydrogens is 502 g/mol. The number of rotatable bonds is 5. The van der Waals surface area contributed by atoms with Crippen LogP contribution >= 0.6 is 0 Å². The zero-order valence-electron chi connectivity index (χ0n) is 20.3. The number of aromatic nitrogens is 3. The maximum Gasteiger partial charge on any atom is 0.416 e. The van der Waals surface area contributed by atoms with Gasteiger partial charge in [0.25, 0.3) is 11.5 Å². The molecule has 0 bridgehead atoms. The first-order valence-corrected chi connectivity index (χ1v) is 11.9. The number of halogens is 4. The number of carbonyl (C=O) groups is 1. The Morgan fingerprint density at radius 1 is 1.13 bits per heavy atom. The van der Waals surface area contributed by atoms with Gasteiger partial charge in [-0.05, 0) is 42.3 Å². The number of carbonyl (C=O) groups excluding carboxylic acids is 1. The van der Waals surface area contributed by atoms with Gasteiger partial charge in [-0.15, -0.1) is 0 Å². The van der Waals surface area contributed by atoms with Gasteiger partial charge in [0, 0.05) is 38.4 Å². The fraction of sp³-hybridized carbons (Fsp3) is 0.259. The number of hydrogen-bond acceptors (Lipinski definition) is 5. The fourth-order valence-corrected chi connectivity index (χ4v) is 4.53. The van der Waals surface area contributed by atoms with Crippen molar-refractivity contribution in [3.05, 3.63) is 87.8 Å². The van der Waals surface area contributed by atoms with E-state index in [1.54, 1.807) is 18.3 Å². The molecule has 1 aliphatic rings. The van der Waals surface area contributed by atoms with Crippen LogP contribution in [0, 0.1) is 0 Å². The first kappa shape index (κ1) is 25.5. The van der Waals surface area contributed by atoms with E-state index in [0.717, 1.165) is 22.3 Å². The summed E-state index contributed by atoms with van der Waals surface area (Å²) in [5.41, 5.74) is -0.280. The number of nitrogens with one attached hydrogen (secondary N) is 1. The van der Waals surface area contributed by atoms with E-state index in [2.05, 4.69) is 15.3 Å². The van der Waals surface area contributed by atoms with Crippen molar-refractivity contribution in [3.8, 4) is 11.4 Å². The molecule has 1 atom stereocenters. The van der Waals surface area contributed by atoms with Gasteiger partial charge in [-0.3, -0.25) is 19.1 Å². The molecule has 2 aromatic heterocycles. The summed E-state index contributed by atoms with van der Waals surface area (Å²) >= 11 is 0. The van der Waals surface area contributed by atoms with Crippen LogP contribution in [0.3, 0.4) is 0 Å². The molecule has 0 saturated carbocycles. The highest BCUT2D eigenvalue weighted by Crippen LogP contribution is 2.32. The molecule has 38 heavy (non-hydrogen) atoms. The Morgan fingerprint density at radius 2 is 1.92 bits per heavy atom. The summed E-state index contributed by atoms with van der Waals surface area (Å²) in [5.74, 6) is -0.317. The highest BCUT2D eigenvalue weighted by molar-refractivity contribution is 6.11. The molecule has 1 N–H and O–H groups in total. The van der Waals surface area contributed by atoms with Gasteiger partial charge in [-0.25, -0.2) is 14.4 Å². The van der Waals surface area contributed by atoms with Crippen LogP contribution in [0.25, 0.3) is 22.3 Å². The van der Waals surface area contributed by atoms with Crippen LogP contribution in [0.2, 0.25) is 0 Å². The molecule has 1 saturated heterocycles. The molecular formula is C27H23F4N5O2. The summed E-state index contributed by atoms with van der Waals surface area (Å²) in [6.45, 7) is 1.61. The Kier molecular flexibility index (Phi) is 6.70. The van der Waals surface area contributed by atoms with Gasteiger partial charge in [0.05, 0.1) is 22.0 Å². The first-order valence-electron chi connectivity index (χ1n) is 11.9. The van der Waals surface area contributed by atoms with E-state index < -0.39 is 29.4 Å². The fourth-order valence-electron chi connectivity index (χ4n) is 4.53. The number of para-hydroxylation sites is 1. The molecule has 1 aliphatic heterocycles. The lowest BCUT2D eigenvalue weighted by Crippen LogP contribution is -2.22. The molecule has 0 radical (unpaired) electrons. The number of benzene rings is 2.